The number of esters is 1. The summed E-state index contributed by atoms with van der Waals surface area (Å²) in [6.07, 6.45) is 0. The zero-order valence-electron chi connectivity index (χ0n) is 16.2. The number of amides is 1. The highest BCUT2D eigenvalue weighted by molar-refractivity contribution is 7.21. The van der Waals surface area contributed by atoms with Gasteiger partial charge in [-0.05, 0) is 23.3 Å². The Morgan fingerprint density at radius 3 is 2.13 bits per heavy atom. The predicted molar refractivity (Wildman–Crippen MR) is 125 cm³/mol. The number of benzene rings is 3. The second-order valence-electron chi connectivity index (χ2n) is 6.78. The molecule has 0 aliphatic rings. The Morgan fingerprint density at radius 1 is 0.903 bits per heavy atom. The lowest BCUT2D eigenvalue weighted by Crippen LogP contribution is -2.33. The van der Waals surface area contributed by atoms with E-state index in [0.717, 1.165) is 21.2 Å². The zero-order valence-corrected chi connectivity index (χ0v) is 18.5. The molecule has 1 heterocycles. The van der Waals surface area contributed by atoms with Gasteiger partial charge in [0.15, 0.2) is 6.61 Å². The van der Waals surface area contributed by atoms with E-state index in [9.17, 15) is 9.59 Å². The molecule has 4 rings (SSSR count). The standard InChI is InChI=1S/C24H17Cl2NO3S/c25-17-11-12-18-19(13-17)31-23(21(18)26)24(29)30-14-20(28)27-22(15-7-3-1-4-8-15)16-9-5-2-6-10-16/h1-13,22H,14H2,(H,27,28). The van der Waals surface area contributed by atoms with Gasteiger partial charge in [-0.1, -0.05) is 89.9 Å². The summed E-state index contributed by atoms with van der Waals surface area (Å²) < 4.78 is 6.02. The van der Waals surface area contributed by atoms with Crippen LogP contribution in [0.2, 0.25) is 10.0 Å². The van der Waals surface area contributed by atoms with Crippen molar-refractivity contribution in [2.24, 2.45) is 0 Å². The molecule has 0 unspecified atom stereocenters. The molecule has 156 valence electrons. The molecule has 0 saturated carbocycles. The van der Waals surface area contributed by atoms with E-state index < -0.39 is 18.5 Å². The highest BCUT2D eigenvalue weighted by atomic mass is 35.5. The molecule has 4 aromatic rings. The number of hydrogen-bond acceptors (Lipinski definition) is 4. The minimum absolute atomic E-state index is 0.245. The fourth-order valence-corrected chi connectivity index (χ4v) is 4.90. The van der Waals surface area contributed by atoms with Gasteiger partial charge in [-0.2, -0.15) is 0 Å². The van der Waals surface area contributed by atoms with Gasteiger partial charge in [0.05, 0.1) is 11.1 Å². The minimum atomic E-state index is -0.645. The van der Waals surface area contributed by atoms with E-state index in [1.807, 2.05) is 60.7 Å². The Kier molecular flexibility index (Phi) is 6.56. The largest absolute Gasteiger partial charge is 0.451 e. The molecule has 1 N–H and O–H groups in total. The Bertz CT molecular complexity index is 1190. The van der Waals surface area contributed by atoms with Crippen molar-refractivity contribution in [2.45, 2.75) is 6.04 Å². The molecule has 3 aromatic carbocycles. The SMILES string of the molecule is O=C(COC(=O)c1sc2cc(Cl)ccc2c1Cl)NC(c1ccccc1)c1ccccc1. The molecule has 1 amide bonds. The van der Waals surface area contributed by atoms with Crippen molar-refractivity contribution in [3.05, 3.63) is 105 Å². The predicted octanol–water partition coefficient (Wildman–Crippen LogP) is 6.27. The number of carbonyl (C=O) groups is 2. The van der Waals surface area contributed by atoms with Crippen LogP contribution in [0.5, 0.6) is 0 Å². The fraction of sp³-hybridized carbons (Fsp3) is 0.0833. The highest BCUT2D eigenvalue weighted by Gasteiger charge is 2.21. The number of hydrogen-bond donors (Lipinski definition) is 1. The monoisotopic (exact) mass is 469 g/mol. The normalized spacial score (nSPS) is 10.9. The van der Waals surface area contributed by atoms with Crippen LogP contribution in [-0.2, 0) is 9.53 Å². The van der Waals surface area contributed by atoms with E-state index in [0.29, 0.717) is 10.0 Å². The summed E-state index contributed by atoms with van der Waals surface area (Å²) in [5.74, 6) is -1.06. The number of thiophene rings is 1. The first-order valence-corrected chi connectivity index (χ1v) is 11.0. The van der Waals surface area contributed by atoms with Crippen LogP contribution in [0.3, 0.4) is 0 Å². The highest BCUT2D eigenvalue weighted by Crippen LogP contribution is 2.37. The van der Waals surface area contributed by atoms with Crippen LogP contribution in [0.1, 0.15) is 26.8 Å². The van der Waals surface area contributed by atoms with Gasteiger partial charge in [0.25, 0.3) is 5.91 Å². The summed E-state index contributed by atoms with van der Waals surface area (Å²) in [5.41, 5.74) is 1.86. The number of halogens is 2. The van der Waals surface area contributed by atoms with Gasteiger partial charge in [0.2, 0.25) is 0 Å². The van der Waals surface area contributed by atoms with Crippen LogP contribution in [0.4, 0.5) is 0 Å². The van der Waals surface area contributed by atoms with Crippen LogP contribution in [-0.4, -0.2) is 18.5 Å². The van der Waals surface area contributed by atoms with Crippen LogP contribution in [0.25, 0.3) is 10.1 Å². The second-order valence-corrected chi connectivity index (χ2v) is 8.65. The van der Waals surface area contributed by atoms with Gasteiger partial charge in [-0.15, -0.1) is 11.3 Å². The third-order valence-electron chi connectivity index (χ3n) is 4.68. The third-order valence-corrected chi connectivity index (χ3v) is 6.55. The second kappa shape index (κ2) is 9.52. The molecule has 0 radical (unpaired) electrons. The van der Waals surface area contributed by atoms with Crippen molar-refractivity contribution < 1.29 is 14.3 Å². The van der Waals surface area contributed by atoms with Gasteiger partial charge >= 0.3 is 5.97 Å². The van der Waals surface area contributed by atoms with Gasteiger partial charge in [-0.25, -0.2) is 4.79 Å². The molecule has 0 fully saturated rings. The van der Waals surface area contributed by atoms with E-state index in [4.69, 9.17) is 27.9 Å². The third kappa shape index (κ3) is 4.90. The number of fused-ring (bicyclic) bond motifs is 1. The van der Waals surface area contributed by atoms with Gasteiger partial charge in [0, 0.05) is 15.1 Å². The lowest BCUT2D eigenvalue weighted by atomic mass is 9.99. The van der Waals surface area contributed by atoms with Crippen LogP contribution in [0, 0.1) is 0 Å². The first kappa shape index (κ1) is 21.4. The summed E-state index contributed by atoms with van der Waals surface area (Å²) in [6, 6.07) is 24.1. The van der Waals surface area contributed by atoms with E-state index in [-0.39, 0.29) is 10.9 Å². The average molecular weight is 470 g/mol. The molecule has 31 heavy (non-hydrogen) atoms. The van der Waals surface area contributed by atoms with Crippen molar-refractivity contribution in [3.63, 3.8) is 0 Å². The first-order valence-electron chi connectivity index (χ1n) is 9.47. The summed E-state index contributed by atoms with van der Waals surface area (Å²) in [6.45, 7) is -0.416. The minimum Gasteiger partial charge on any atom is -0.451 e. The Hall–Kier alpha value is -2.86. The number of ether oxygens (including phenoxy) is 1. The molecule has 4 nitrogen and oxygen atoms in total. The summed E-state index contributed by atoms with van der Waals surface area (Å²) in [4.78, 5) is 25.4. The van der Waals surface area contributed by atoms with Crippen LogP contribution in [0.15, 0.2) is 78.9 Å². The lowest BCUT2D eigenvalue weighted by molar-refractivity contribution is -0.124. The molecule has 0 bridgehead atoms. The Balaban J connectivity index is 1.46. The van der Waals surface area contributed by atoms with Crippen molar-refractivity contribution >= 4 is 56.5 Å². The van der Waals surface area contributed by atoms with Crippen LogP contribution < -0.4 is 5.32 Å². The summed E-state index contributed by atoms with van der Waals surface area (Å²) >= 11 is 13.5. The van der Waals surface area contributed by atoms with Gasteiger partial charge in [-0.3, -0.25) is 4.79 Å². The number of carbonyl (C=O) groups excluding carboxylic acids is 2. The molecular formula is C24H17Cl2NO3S. The lowest BCUT2D eigenvalue weighted by Gasteiger charge is -2.19. The molecule has 0 spiro atoms. The Morgan fingerprint density at radius 2 is 1.52 bits per heavy atom. The van der Waals surface area contributed by atoms with E-state index in [2.05, 4.69) is 5.32 Å². The molecule has 1 aromatic heterocycles. The maximum atomic E-state index is 12.6. The van der Waals surface area contributed by atoms with Crippen LogP contribution >= 0.6 is 34.5 Å². The fourth-order valence-electron chi connectivity index (χ4n) is 3.22. The van der Waals surface area contributed by atoms with Crippen molar-refractivity contribution in [2.75, 3.05) is 6.61 Å². The van der Waals surface area contributed by atoms with Crippen molar-refractivity contribution in [1.29, 1.82) is 0 Å². The molecule has 0 aliphatic carbocycles. The summed E-state index contributed by atoms with van der Waals surface area (Å²) in [5, 5.41) is 4.52. The van der Waals surface area contributed by atoms with Crippen molar-refractivity contribution in [1.82, 2.24) is 5.32 Å². The van der Waals surface area contributed by atoms with E-state index in [1.54, 1.807) is 18.2 Å². The van der Waals surface area contributed by atoms with Gasteiger partial charge < -0.3 is 10.1 Å². The van der Waals surface area contributed by atoms with Gasteiger partial charge in [0.1, 0.15) is 4.88 Å². The topological polar surface area (TPSA) is 55.4 Å². The molecule has 7 heteroatoms. The number of rotatable bonds is 6. The maximum absolute atomic E-state index is 12.6. The number of nitrogens with one attached hydrogen (secondary N) is 1. The van der Waals surface area contributed by atoms with E-state index in [1.165, 1.54) is 11.3 Å². The molecule has 0 atom stereocenters. The smallest absolute Gasteiger partial charge is 0.350 e. The quantitative estimate of drug-likeness (QED) is 0.338. The maximum Gasteiger partial charge on any atom is 0.350 e. The summed E-state index contributed by atoms with van der Waals surface area (Å²) in [7, 11) is 0. The van der Waals surface area contributed by atoms with Crippen molar-refractivity contribution in [3.8, 4) is 0 Å². The Labute approximate surface area is 193 Å². The molecular weight excluding hydrogens is 453 g/mol. The zero-order chi connectivity index (χ0) is 21.8. The molecule has 0 aliphatic heterocycles. The molecule has 0 saturated heterocycles. The average Bonchev–Trinajstić information content (AvgIpc) is 3.12. The first-order chi connectivity index (χ1) is 15.0. The van der Waals surface area contributed by atoms with E-state index >= 15 is 0 Å².